The van der Waals surface area contributed by atoms with Crippen LogP contribution in [-0.2, 0) is 9.63 Å². The third-order valence-corrected chi connectivity index (χ3v) is 4.95. The third kappa shape index (κ3) is 5.24. The number of ketones is 1. The molecule has 1 aliphatic heterocycles. The molecule has 2 unspecified atom stereocenters. The molecule has 1 heterocycles. The van der Waals surface area contributed by atoms with Crippen molar-refractivity contribution in [2.24, 2.45) is 11.1 Å². The highest BCUT2D eigenvalue weighted by Crippen LogP contribution is 2.28. The van der Waals surface area contributed by atoms with E-state index in [2.05, 4.69) is 17.1 Å². The van der Waals surface area contributed by atoms with Gasteiger partial charge >= 0.3 is 0 Å². The molecule has 4 nitrogen and oxygen atoms in total. The van der Waals surface area contributed by atoms with E-state index in [0.29, 0.717) is 5.78 Å². The predicted octanol–water partition coefficient (Wildman–Crippen LogP) is 3.82. The number of Topliss-reactive ketones (excluding diaryl/α,β-unsaturated/α-hetero) is 1. The molecule has 1 saturated heterocycles. The van der Waals surface area contributed by atoms with E-state index < -0.39 is 0 Å². The Morgan fingerprint density at radius 2 is 1.73 bits per heavy atom. The van der Waals surface area contributed by atoms with E-state index in [1.165, 1.54) is 32.1 Å². The molecule has 128 valence electrons. The van der Waals surface area contributed by atoms with E-state index in [-0.39, 0.29) is 24.4 Å². The van der Waals surface area contributed by atoms with Gasteiger partial charge in [-0.05, 0) is 45.7 Å². The second-order valence-electron chi connectivity index (χ2n) is 6.53. The summed E-state index contributed by atoms with van der Waals surface area (Å²) in [5.74, 6) is 0.554. The average molecular weight is 331 g/mol. The van der Waals surface area contributed by atoms with Gasteiger partial charge in [0, 0.05) is 12.3 Å². The monoisotopic (exact) mass is 330 g/mol. The maximum atomic E-state index is 12.6. The summed E-state index contributed by atoms with van der Waals surface area (Å²) in [4.78, 5) is 20.1. The van der Waals surface area contributed by atoms with E-state index in [1.807, 2.05) is 0 Å². The van der Waals surface area contributed by atoms with Crippen LogP contribution < -0.4 is 0 Å². The molecule has 1 saturated carbocycles. The van der Waals surface area contributed by atoms with Gasteiger partial charge in [-0.25, -0.2) is 0 Å². The molecule has 2 atom stereocenters. The summed E-state index contributed by atoms with van der Waals surface area (Å²) < 4.78 is 0. The zero-order chi connectivity index (χ0) is 15.1. The Balaban J connectivity index is 0.00000242. The molecule has 0 aromatic heterocycles. The minimum Gasteiger partial charge on any atom is -0.399 e. The van der Waals surface area contributed by atoms with Gasteiger partial charge in [0.1, 0.15) is 12.9 Å². The van der Waals surface area contributed by atoms with Crippen LogP contribution in [0.15, 0.2) is 5.16 Å². The molecule has 2 fully saturated rings. The molecule has 0 radical (unpaired) electrons. The van der Waals surface area contributed by atoms with Crippen LogP contribution >= 0.6 is 12.4 Å². The van der Waals surface area contributed by atoms with Crippen molar-refractivity contribution in [3.63, 3.8) is 0 Å². The molecule has 2 rings (SSSR count). The highest BCUT2D eigenvalue weighted by molar-refractivity contribution is 5.95. The molecule has 5 heteroatoms. The minimum absolute atomic E-state index is 0. The lowest BCUT2D eigenvalue weighted by Crippen LogP contribution is -2.48. The second-order valence-corrected chi connectivity index (χ2v) is 6.53. The number of carbonyl (C=O) groups excluding carboxylic acids is 1. The van der Waals surface area contributed by atoms with Crippen LogP contribution in [0.4, 0.5) is 0 Å². The van der Waals surface area contributed by atoms with Crippen molar-refractivity contribution >= 4 is 23.9 Å². The van der Waals surface area contributed by atoms with E-state index >= 15 is 0 Å². The minimum atomic E-state index is 0. The van der Waals surface area contributed by atoms with Gasteiger partial charge < -0.3 is 4.84 Å². The molecule has 0 aromatic rings. The lowest BCUT2D eigenvalue weighted by atomic mass is 9.80. The van der Waals surface area contributed by atoms with Gasteiger partial charge in [-0.2, -0.15) is 0 Å². The first-order valence-electron chi connectivity index (χ1n) is 8.57. The molecular weight excluding hydrogens is 300 g/mol. The lowest BCUT2D eigenvalue weighted by molar-refractivity contribution is -0.124. The van der Waals surface area contributed by atoms with Gasteiger partial charge in [0.05, 0.1) is 11.8 Å². The number of carbonyl (C=O) groups is 1. The molecule has 2 aliphatic rings. The van der Waals surface area contributed by atoms with Gasteiger partial charge in [0.15, 0.2) is 0 Å². The number of hydrogen-bond donors (Lipinski definition) is 0. The summed E-state index contributed by atoms with van der Waals surface area (Å²) in [7, 11) is 3.76. The van der Waals surface area contributed by atoms with Crippen LogP contribution in [0.25, 0.3) is 0 Å². The van der Waals surface area contributed by atoms with Crippen LogP contribution in [0, 0.1) is 5.92 Å². The van der Waals surface area contributed by atoms with E-state index in [4.69, 9.17) is 4.84 Å². The zero-order valence-corrected chi connectivity index (χ0v) is 14.9. The maximum Gasteiger partial charge on any atom is 0.137 e. The summed E-state index contributed by atoms with van der Waals surface area (Å²) in [6, 6.07) is 0.149. The maximum absolute atomic E-state index is 12.6. The largest absolute Gasteiger partial charge is 0.399 e. The molecule has 0 bridgehead atoms. The van der Waals surface area contributed by atoms with E-state index in [0.717, 1.165) is 44.4 Å². The molecule has 0 N–H and O–H groups in total. The van der Waals surface area contributed by atoms with Crippen molar-refractivity contribution in [3.05, 3.63) is 0 Å². The van der Waals surface area contributed by atoms with Crippen LogP contribution in [0.3, 0.4) is 0 Å². The van der Waals surface area contributed by atoms with Crippen molar-refractivity contribution in [1.82, 2.24) is 4.90 Å². The van der Waals surface area contributed by atoms with Crippen molar-refractivity contribution in [2.45, 2.75) is 70.3 Å². The fraction of sp³-hybridized carbons (Fsp3) is 0.882. The Morgan fingerprint density at radius 1 is 1.05 bits per heavy atom. The Bertz CT molecular complexity index is 374. The Kier molecular flexibility index (Phi) is 9.03. The highest BCUT2D eigenvalue weighted by Gasteiger charge is 2.35. The Morgan fingerprint density at radius 3 is 2.50 bits per heavy atom. The Labute approximate surface area is 141 Å². The van der Waals surface area contributed by atoms with Gasteiger partial charge in [0.25, 0.3) is 0 Å². The fourth-order valence-electron chi connectivity index (χ4n) is 3.84. The molecular formula is C17H31ClN2O2. The van der Waals surface area contributed by atoms with Crippen molar-refractivity contribution in [3.8, 4) is 0 Å². The SMILES string of the molecule is CON=C1CCCCCN(C)C1C1CCCCCCC1=O.Cl. The molecule has 0 aromatic carbocycles. The van der Waals surface area contributed by atoms with Gasteiger partial charge in [0.2, 0.25) is 0 Å². The first-order chi connectivity index (χ1) is 10.2. The van der Waals surface area contributed by atoms with E-state index in [1.54, 1.807) is 7.11 Å². The number of oxime groups is 1. The number of likely N-dealkylation sites (tertiary alicyclic amines) is 1. The fourth-order valence-corrected chi connectivity index (χ4v) is 3.84. The smallest absolute Gasteiger partial charge is 0.137 e. The van der Waals surface area contributed by atoms with Gasteiger partial charge in [-0.3, -0.25) is 9.69 Å². The summed E-state index contributed by atoms with van der Waals surface area (Å²) in [6.07, 6.45) is 11.0. The third-order valence-electron chi connectivity index (χ3n) is 4.95. The van der Waals surface area contributed by atoms with E-state index in [9.17, 15) is 4.79 Å². The molecule has 1 aliphatic carbocycles. The van der Waals surface area contributed by atoms with Crippen LogP contribution in [-0.4, -0.2) is 43.1 Å². The summed E-state index contributed by atoms with van der Waals surface area (Å²) in [5.41, 5.74) is 1.08. The summed E-state index contributed by atoms with van der Waals surface area (Å²) in [5, 5.41) is 4.30. The molecule has 22 heavy (non-hydrogen) atoms. The second kappa shape index (κ2) is 10.2. The number of nitrogens with zero attached hydrogens (tertiary/aromatic N) is 2. The normalized spacial score (nSPS) is 30.6. The summed E-state index contributed by atoms with van der Waals surface area (Å²) >= 11 is 0. The first-order valence-corrected chi connectivity index (χ1v) is 8.57. The van der Waals surface area contributed by atoms with Crippen LogP contribution in [0.1, 0.15) is 64.2 Å². The predicted molar refractivity (Wildman–Crippen MR) is 92.8 cm³/mol. The van der Waals surface area contributed by atoms with Crippen molar-refractivity contribution in [2.75, 3.05) is 20.7 Å². The number of hydrogen-bond acceptors (Lipinski definition) is 4. The standard InChI is InChI=1S/C17H30N2O2.ClH/c1-19-13-9-5-7-11-15(18-21-2)17(19)14-10-6-3-4-8-12-16(14)20;/h14,17H,3-13H2,1-2H3;1H. The van der Waals surface area contributed by atoms with Crippen LogP contribution in [0.5, 0.6) is 0 Å². The zero-order valence-electron chi connectivity index (χ0n) is 14.1. The average Bonchev–Trinajstić information content (AvgIpc) is 2.44. The lowest BCUT2D eigenvalue weighted by Gasteiger charge is -2.36. The number of halogens is 1. The first kappa shape index (κ1) is 19.4. The quantitative estimate of drug-likeness (QED) is 0.723. The number of rotatable bonds is 2. The highest BCUT2D eigenvalue weighted by atomic mass is 35.5. The Hall–Kier alpha value is -0.610. The van der Waals surface area contributed by atoms with Gasteiger partial charge in [-0.1, -0.05) is 30.8 Å². The van der Waals surface area contributed by atoms with Crippen molar-refractivity contribution < 1.29 is 9.63 Å². The molecule has 0 spiro atoms. The van der Waals surface area contributed by atoms with Crippen molar-refractivity contribution in [1.29, 1.82) is 0 Å². The van der Waals surface area contributed by atoms with Crippen LogP contribution in [0.2, 0.25) is 0 Å². The molecule has 0 amide bonds. The topological polar surface area (TPSA) is 41.9 Å². The van der Waals surface area contributed by atoms with Gasteiger partial charge in [-0.15, -0.1) is 12.4 Å². The summed E-state index contributed by atoms with van der Waals surface area (Å²) in [6.45, 7) is 1.05.